The maximum atomic E-state index is 10.3. The van der Waals surface area contributed by atoms with Crippen molar-refractivity contribution in [2.24, 2.45) is 0 Å². The van der Waals surface area contributed by atoms with Crippen molar-refractivity contribution in [1.82, 2.24) is 0 Å². The fourth-order valence-corrected chi connectivity index (χ4v) is 0. The van der Waals surface area contributed by atoms with Crippen molar-refractivity contribution in [3.05, 3.63) is 0 Å². The van der Waals surface area contributed by atoms with Crippen LogP contribution in [0.1, 0.15) is 6.92 Å². The normalized spacial score (nSPS) is 5.25. The van der Waals surface area contributed by atoms with Gasteiger partial charge in [0.1, 0.15) is 0 Å². The minimum atomic E-state index is -1.75. The highest BCUT2D eigenvalue weighted by Gasteiger charge is 1.44. The van der Waals surface area contributed by atoms with E-state index in [4.69, 9.17) is 0 Å². The fraction of sp³-hybridized carbons (Fsp3) is 1.00. The van der Waals surface area contributed by atoms with Gasteiger partial charge in [0, 0.05) is 0 Å². The molecule has 0 spiro atoms. The molecule has 0 nitrogen and oxygen atoms in total. The monoisotopic (exact) mass is 134 g/mol. The first-order valence-corrected chi connectivity index (χ1v) is 1.89. The summed E-state index contributed by atoms with van der Waals surface area (Å²) in [5.74, 6) is 0. The third kappa shape index (κ3) is 1630. The Bertz CT molecular complexity index is 10.0. The smallest absolute Gasteiger partial charge is 0.229 e. The van der Waals surface area contributed by atoms with Crippen molar-refractivity contribution in [1.29, 1.82) is 0 Å². The quantitative estimate of drug-likeness (QED) is 0.446. The average molecular weight is 134 g/mol. The van der Waals surface area contributed by atoms with Crippen LogP contribution in [-0.4, -0.2) is 20.8 Å². The molecule has 0 bridgehead atoms. The van der Waals surface area contributed by atoms with E-state index in [2.05, 4.69) is 0 Å². The van der Waals surface area contributed by atoms with Crippen LogP contribution in [0.4, 0.5) is 17.6 Å². The van der Waals surface area contributed by atoms with Crippen LogP contribution in [0.15, 0.2) is 0 Å². The SMILES string of the molecule is CCF.CF.FCF. The molecule has 0 heterocycles. The number of alkyl halides is 4. The third-order valence-corrected chi connectivity index (χ3v) is 0. The highest BCUT2D eigenvalue weighted by molar-refractivity contribution is 3.86. The molecule has 0 fully saturated rings. The summed E-state index contributed by atoms with van der Waals surface area (Å²) in [6.07, 6.45) is 0. The minimum Gasteiger partial charge on any atom is -0.255 e. The molecule has 4 heteroatoms. The lowest BCUT2D eigenvalue weighted by molar-refractivity contribution is 0.295. The van der Waals surface area contributed by atoms with E-state index in [0.29, 0.717) is 7.18 Å². The molecule has 0 atom stereocenters. The molecule has 0 unspecified atom stereocenters. The Hall–Kier alpha value is -0.280. The molecule has 0 aliphatic rings. The van der Waals surface area contributed by atoms with E-state index in [0.717, 1.165) is 0 Å². The second-order valence-corrected chi connectivity index (χ2v) is 0.368. The Morgan fingerprint density at radius 1 is 1.00 bits per heavy atom. The summed E-state index contributed by atoms with van der Waals surface area (Å²) in [6.45, 7) is -0.542. The fourth-order valence-electron chi connectivity index (χ4n) is 0. The van der Waals surface area contributed by atoms with Crippen LogP contribution < -0.4 is 0 Å². The van der Waals surface area contributed by atoms with E-state index in [-0.39, 0.29) is 6.67 Å². The summed E-state index contributed by atoms with van der Waals surface area (Å²) in [5, 5.41) is 0. The highest BCUT2D eigenvalue weighted by Crippen LogP contribution is 1.56. The van der Waals surface area contributed by atoms with Crippen molar-refractivity contribution in [2.45, 2.75) is 6.92 Å². The standard InChI is InChI=1S/C2H5F.CH2F2.CH3F/c1-2-3;2-1-3;1-2/h2H2,1H3;1H2;1H3. The van der Waals surface area contributed by atoms with E-state index in [1.54, 1.807) is 0 Å². The van der Waals surface area contributed by atoms with E-state index in [9.17, 15) is 17.6 Å². The first-order chi connectivity index (χ1) is 3.83. The van der Waals surface area contributed by atoms with E-state index >= 15 is 0 Å². The van der Waals surface area contributed by atoms with E-state index in [1.807, 2.05) is 0 Å². The summed E-state index contributed by atoms with van der Waals surface area (Å²) in [6, 6.07) is 0. The maximum absolute atomic E-state index is 10.3. The Kier molecular flexibility index (Phi) is 145. The van der Waals surface area contributed by atoms with Gasteiger partial charge in [-0.25, -0.2) is 8.78 Å². The molecule has 0 amide bonds. The molecule has 0 saturated carbocycles. The molecule has 0 aliphatic carbocycles. The number of rotatable bonds is 0. The first kappa shape index (κ1) is 15.6. The second kappa shape index (κ2) is 74.3. The molecule has 0 aromatic carbocycles. The number of hydrogen-bond donors (Lipinski definition) is 0. The van der Waals surface area contributed by atoms with Crippen molar-refractivity contribution in [3.63, 3.8) is 0 Å². The lowest BCUT2D eigenvalue weighted by Gasteiger charge is -1.45. The molecule has 54 valence electrons. The molecule has 0 aromatic rings. The predicted octanol–water partition coefficient (Wildman–Crippen LogP) is 2.44. The van der Waals surface area contributed by atoms with Gasteiger partial charge >= 0.3 is 0 Å². The van der Waals surface area contributed by atoms with Gasteiger partial charge in [0.2, 0.25) is 6.93 Å². The summed E-state index contributed by atoms with van der Waals surface area (Å²) in [7, 11) is 0.500. The molecule has 0 radical (unpaired) electrons. The molecular weight excluding hydrogens is 124 g/mol. The van der Waals surface area contributed by atoms with Gasteiger partial charge in [-0.15, -0.1) is 0 Å². The third-order valence-electron chi connectivity index (χ3n) is 0. The Labute approximate surface area is 46.5 Å². The van der Waals surface area contributed by atoms with Gasteiger partial charge in [0.15, 0.2) is 0 Å². The molecule has 0 saturated heterocycles. The topological polar surface area (TPSA) is 0 Å². The molecule has 0 N–H and O–H groups in total. The summed E-state index contributed by atoms with van der Waals surface area (Å²) >= 11 is 0. The molecule has 8 heavy (non-hydrogen) atoms. The maximum Gasteiger partial charge on any atom is 0.229 e. The Morgan fingerprint density at radius 2 is 1.00 bits per heavy atom. The second-order valence-electron chi connectivity index (χ2n) is 0.368. The zero-order chi connectivity index (χ0) is 7.41. The summed E-state index contributed by atoms with van der Waals surface area (Å²) in [4.78, 5) is 0. The Morgan fingerprint density at radius 3 is 1.00 bits per heavy atom. The predicted molar refractivity (Wildman–Crippen MR) is 25.8 cm³/mol. The van der Waals surface area contributed by atoms with Crippen LogP contribution in [-0.2, 0) is 0 Å². The summed E-state index contributed by atoms with van der Waals surface area (Å²) in [5.41, 5.74) is 0. The van der Waals surface area contributed by atoms with E-state index in [1.165, 1.54) is 6.92 Å². The van der Waals surface area contributed by atoms with Crippen LogP contribution >= 0.6 is 0 Å². The van der Waals surface area contributed by atoms with Crippen LogP contribution in [0.3, 0.4) is 0 Å². The minimum absolute atomic E-state index is 0.250. The van der Waals surface area contributed by atoms with Crippen LogP contribution in [0.5, 0.6) is 0 Å². The van der Waals surface area contributed by atoms with Gasteiger partial charge in [-0.1, -0.05) is 0 Å². The van der Waals surface area contributed by atoms with Crippen LogP contribution in [0.2, 0.25) is 0 Å². The van der Waals surface area contributed by atoms with Gasteiger partial charge < -0.3 is 0 Å². The largest absolute Gasteiger partial charge is 0.255 e. The van der Waals surface area contributed by atoms with Gasteiger partial charge in [0.05, 0.1) is 13.9 Å². The molecular formula is C4H10F4. The van der Waals surface area contributed by atoms with Gasteiger partial charge in [-0.3, -0.25) is 8.78 Å². The zero-order valence-electron chi connectivity index (χ0n) is 4.93. The van der Waals surface area contributed by atoms with Crippen molar-refractivity contribution in [3.8, 4) is 0 Å². The van der Waals surface area contributed by atoms with Crippen molar-refractivity contribution >= 4 is 0 Å². The number of hydrogen-bond acceptors (Lipinski definition) is 0. The van der Waals surface area contributed by atoms with E-state index < -0.39 is 6.93 Å². The van der Waals surface area contributed by atoms with Gasteiger partial charge in [0.25, 0.3) is 0 Å². The summed E-state index contributed by atoms with van der Waals surface area (Å²) < 4.78 is 39.0. The van der Waals surface area contributed by atoms with Crippen LogP contribution in [0.25, 0.3) is 0 Å². The van der Waals surface area contributed by atoms with Crippen LogP contribution in [0, 0.1) is 0 Å². The Balaban J connectivity index is -0.0000000483. The number of halogens is 4. The zero-order valence-corrected chi connectivity index (χ0v) is 4.93. The average Bonchev–Trinajstić information content (AvgIpc) is 1.75. The van der Waals surface area contributed by atoms with Crippen molar-refractivity contribution in [2.75, 3.05) is 20.8 Å². The van der Waals surface area contributed by atoms with Crippen molar-refractivity contribution < 1.29 is 17.6 Å². The molecule has 0 rings (SSSR count). The molecule has 0 aromatic heterocycles. The van der Waals surface area contributed by atoms with Gasteiger partial charge in [-0.05, 0) is 6.92 Å². The van der Waals surface area contributed by atoms with Gasteiger partial charge in [-0.2, -0.15) is 0 Å². The highest BCUT2D eigenvalue weighted by atomic mass is 19.3. The first-order valence-electron chi connectivity index (χ1n) is 1.89. The lowest BCUT2D eigenvalue weighted by atomic mass is 10.9. The lowest BCUT2D eigenvalue weighted by Crippen LogP contribution is -1.40. The molecule has 0 aliphatic heterocycles.